The Bertz CT molecular complexity index is 311. The first-order valence-corrected chi connectivity index (χ1v) is 6.02. The molecule has 1 rings (SSSR count). The number of thiazole rings is 1. The smallest absolute Gasteiger partial charge is 0.133 e. The second-order valence-electron chi connectivity index (χ2n) is 3.37. The van der Waals surface area contributed by atoms with E-state index in [1.807, 2.05) is 12.3 Å². The van der Waals surface area contributed by atoms with Crippen LogP contribution < -0.4 is 0 Å². The molecule has 0 N–H and O–H groups in total. The van der Waals surface area contributed by atoms with Crippen LogP contribution in [-0.4, -0.2) is 16.6 Å². The SMILES string of the molecule is CC(=O)C(CCCl)Cc1nc(C)cs1. The van der Waals surface area contributed by atoms with Crippen LogP contribution in [0.4, 0.5) is 0 Å². The highest BCUT2D eigenvalue weighted by atomic mass is 35.5. The van der Waals surface area contributed by atoms with Crippen molar-refractivity contribution in [2.24, 2.45) is 5.92 Å². The number of aryl methyl sites for hydroxylation is 1. The number of alkyl halides is 1. The third kappa shape index (κ3) is 3.39. The molecule has 1 unspecified atom stereocenters. The summed E-state index contributed by atoms with van der Waals surface area (Å²) in [6.45, 7) is 3.59. The van der Waals surface area contributed by atoms with E-state index in [9.17, 15) is 4.79 Å². The summed E-state index contributed by atoms with van der Waals surface area (Å²) in [6.07, 6.45) is 1.48. The van der Waals surface area contributed by atoms with Gasteiger partial charge in [0.05, 0.1) is 5.01 Å². The number of nitrogens with zero attached hydrogens (tertiary/aromatic N) is 1. The van der Waals surface area contributed by atoms with Crippen molar-refractivity contribution in [3.05, 3.63) is 16.1 Å². The molecular formula is C10H14ClNOS. The van der Waals surface area contributed by atoms with Crippen LogP contribution in [0.5, 0.6) is 0 Å². The summed E-state index contributed by atoms with van der Waals surface area (Å²) >= 11 is 7.26. The van der Waals surface area contributed by atoms with Crippen molar-refractivity contribution in [2.45, 2.75) is 26.7 Å². The molecule has 0 spiro atoms. The van der Waals surface area contributed by atoms with E-state index in [-0.39, 0.29) is 11.7 Å². The number of hydrogen-bond acceptors (Lipinski definition) is 3. The van der Waals surface area contributed by atoms with Crippen molar-refractivity contribution in [3.8, 4) is 0 Å². The summed E-state index contributed by atoms with van der Waals surface area (Å²) in [6, 6.07) is 0. The average Bonchev–Trinajstić information content (AvgIpc) is 2.50. The number of halogens is 1. The van der Waals surface area contributed by atoms with Gasteiger partial charge in [-0.1, -0.05) is 0 Å². The molecule has 0 saturated heterocycles. The maximum atomic E-state index is 11.3. The maximum absolute atomic E-state index is 11.3. The zero-order chi connectivity index (χ0) is 10.6. The van der Waals surface area contributed by atoms with Gasteiger partial charge in [0.25, 0.3) is 0 Å². The Labute approximate surface area is 93.3 Å². The van der Waals surface area contributed by atoms with E-state index >= 15 is 0 Å². The average molecular weight is 232 g/mol. The topological polar surface area (TPSA) is 30.0 Å². The van der Waals surface area contributed by atoms with Crippen molar-refractivity contribution in [1.82, 2.24) is 4.98 Å². The van der Waals surface area contributed by atoms with Gasteiger partial charge in [-0.3, -0.25) is 4.79 Å². The molecule has 0 fully saturated rings. The van der Waals surface area contributed by atoms with E-state index in [0.29, 0.717) is 5.88 Å². The van der Waals surface area contributed by atoms with E-state index in [1.54, 1.807) is 18.3 Å². The molecule has 1 heterocycles. The fourth-order valence-corrected chi connectivity index (χ4v) is 2.40. The fourth-order valence-electron chi connectivity index (χ4n) is 1.29. The molecule has 1 aromatic heterocycles. The van der Waals surface area contributed by atoms with E-state index in [2.05, 4.69) is 4.98 Å². The number of hydrogen-bond donors (Lipinski definition) is 0. The van der Waals surface area contributed by atoms with Crippen molar-refractivity contribution < 1.29 is 4.79 Å². The first-order chi connectivity index (χ1) is 6.63. The quantitative estimate of drug-likeness (QED) is 0.730. The molecule has 0 aliphatic carbocycles. The number of carbonyl (C=O) groups excluding carboxylic acids is 1. The second-order valence-corrected chi connectivity index (χ2v) is 4.69. The summed E-state index contributed by atoms with van der Waals surface area (Å²) in [5.74, 6) is 0.783. The lowest BCUT2D eigenvalue weighted by Gasteiger charge is -2.09. The minimum absolute atomic E-state index is 0.0399. The number of ketones is 1. The minimum Gasteiger partial charge on any atom is -0.300 e. The number of aromatic nitrogens is 1. The van der Waals surface area contributed by atoms with E-state index < -0.39 is 0 Å². The summed E-state index contributed by atoms with van der Waals surface area (Å²) < 4.78 is 0. The molecule has 0 radical (unpaired) electrons. The van der Waals surface area contributed by atoms with E-state index in [0.717, 1.165) is 23.5 Å². The molecule has 0 saturated carbocycles. The monoisotopic (exact) mass is 231 g/mol. The van der Waals surface area contributed by atoms with Gasteiger partial charge in [0, 0.05) is 29.3 Å². The molecule has 0 aromatic carbocycles. The second kappa shape index (κ2) is 5.47. The fraction of sp³-hybridized carbons (Fsp3) is 0.600. The highest BCUT2D eigenvalue weighted by Gasteiger charge is 2.15. The minimum atomic E-state index is 0.0399. The van der Waals surface area contributed by atoms with Crippen molar-refractivity contribution in [2.75, 3.05) is 5.88 Å². The van der Waals surface area contributed by atoms with Gasteiger partial charge in [-0.05, 0) is 20.3 Å². The standard InChI is InChI=1S/C10H14ClNOS/c1-7-6-14-10(12-7)5-9(3-4-11)8(2)13/h6,9H,3-5H2,1-2H3. The van der Waals surface area contributed by atoms with Crippen LogP contribution in [-0.2, 0) is 11.2 Å². The summed E-state index contributed by atoms with van der Waals surface area (Å²) in [4.78, 5) is 15.6. The molecule has 4 heteroatoms. The van der Waals surface area contributed by atoms with Crippen LogP contribution in [0.25, 0.3) is 0 Å². The van der Waals surface area contributed by atoms with E-state index in [4.69, 9.17) is 11.6 Å². The molecule has 2 nitrogen and oxygen atoms in total. The van der Waals surface area contributed by atoms with Gasteiger partial charge < -0.3 is 0 Å². The number of rotatable bonds is 5. The molecule has 0 bridgehead atoms. The Morgan fingerprint density at radius 2 is 2.43 bits per heavy atom. The van der Waals surface area contributed by atoms with Crippen molar-refractivity contribution in [3.63, 3.8) is 0 Å². The molecule has 1 atom stereocenters. The summed E-state index contributed by atoms with van der Waals surface area (Å²) in [5, 5.41) is 3.04. The number of Topliss-reactive ketones (excluding diaryl/α,β-unsaturated/α-hetero) is 1. The molecular weight excluding hydrogens is 218 g/mol. The van der Waals surface area contributed by atoms with Gasteiger partial charge in [0.1, 0.15) is 5.78 Å². The Kier molecular flexibility index (Phi) is 4.55. The van der Waals surface area contributed by atoms with Gasteiger partial charge in [-0.25, -0.2) is 4.98 Å². The van der Waals surface area contributed by atoms with Crippen LogP contribution >= 0.6 is 22.9 Å². The normalized spacial score (nSPS) is 12.8. The lowest BCUT2D eigenvalue weighted by Crippen LogP contribution is -2.14. The van der Waals surface area contributed by atoms with Crippen LogP contribution in [0.2, 0.25) is 0 Å². The summed E-state index contributed by atoms with van der Waals surface area (Å²) in [5.41, 5.74) is 1.03. The lowest BCUT2D eigenvalue weighted by atomic mass is 9.99. The maximum Gasteiger partial charge on any atom is 0.133 e. The highest BCUT2D eigenvalue weighted by Crippen LogP contribution is 2.17. The van der Waals surface area contributed by atoms with Crippen LogP contribution in [0.15, 0.2) is 5.38 Å². The Hall–Kier alpha value is -0.410. The van der Waals surface area contributed by atoms with Gasteiger partial charge in [0.15, 0.2) is 0 Å². The molecule has 14 heavy (non-hydrogen) atoms. The Morgan fingerprint density at radius 1 is 1.71 bits per heavy atom. The molecule has 0 aliphatic heterocycles. The highest BCUT2D eigenvalue weighted by molar-refractivity contribution is 7.09. The molecule has 0 amide bonds. The van der Waals surface area contributed by atoms with Gasteiger partial charge >= 0.3 is 0 Å². The van der Waals surface area contributed by atoms with Gasteiger partial charge in [-0.2, -0.15) is 0 Å². The van der Waals surface area contributed by atoms with Crippen LogP contribution in [0, 0.1) is 12.8 Å². The zero-order valence-corrected chi connectivity index (χ0v) is 9.99. The molecule has 0 aliphatic rings. The van der Waals surface area contributed by atoms with Gasteiger partial charge in [0.2, 0.25) is 0 Å². The molecule has 78 valence electrons. The first-order valence-electron chi connectivity index (χ1n) is 4.61. The zero-order valence-electron chi connectivity index (χ0n) is 8.42. The van der Waals surface area contributed by atoms with Gasteiger partial charge in [-0.15, -0.1) is 22.9 Å². The predicted octanol–water partition coefficient (Wildman–Crippen LogP) is 2.83. The predicted molar refractivity (Wildman–Crippen MR) is 60.1 cm³/mol. The Balaban J connectivity index is 2.59. The van der Waals surface area contributed by atoms with Crippen LogP contribution in [0.3, 0.4) is 0 Å². The number of carbonyl (C=O) groups is 1. The van der Waals surface area contributed by atoms with E-state index in [1.165, 1.54) is 0 Å². The lowest BCUT2D eigenvalue weighted by molar-refractivity contribution is -0.120. The largest absolute Gasteiger partial charge is 0.300 e. The summed E-state index contributed by atoms with van der Waals surface area (Å²) in [7, 11) is 0. The van der Waals surface area contributed by atoms with Crippen molar-refractivity contribution in [1.29, 1.82) is 0 Å². The molecule has 1 aromatic rings. The third-order valence-electron chi connectivity index (χ3n) is 2.12. The van der Waals surface area contributed by atoms with Crippen molar-refractivity contribution >= 4 is 28.7 Å². The Morgan fingerprint density at radius 3 is 2.86 bits per heavy atom. The first kappa shape index (κ1) is 11.7. The third-order valence-corrected chi connectivity index (χ3v) is 3.33. The van der Waals surface area contributed by atoms with Crippen LogP contribution in [0.1, 0.15) is 24.0 Å².